The molecule has 0 spiro atoms. The van der Waals surface area contributed by atoms with Gasteiger partial charge in [0.25, 0.3) is 5.91 Å². The normalized spacial score (nSPS) is 18.2. The van der Waals surface area contributed by atoms with E-state index in [9.17, 15) is 26.7 Å². The molecule has 36 heavy (non-hydrogen) atoms. The van der Waals surface area contributed by atoms with Crippen LogP contribution in [0.15, 0.2) is 71.7 Å². The number of nitrogens with one attached hydrogen (secondary N) is 4. The monoisotopic (exact) mass is 523 g/mol. The average molecular weight is 524 g/mol. The van der Waals surface area contributed by atoms with E-state index < -0.39 is 29.6 Å². The van der Waals surface area contributed by atoms with Crippen LogP contribution in [0.1, 0.15) is 33.9 Å². The third-order valence-corrected chi connectivity index (χ3v) is 5.47. The third kappa shape index (κ3) is 6.56. The fourth-order valence-corrected chi connectivity index (χ4v) is 3.79. The molecule has 1 fully saturated rings. The minimum Gasteiger partial charge on any atom is -0.326 e. The first-order valence-electron chi connectivity index (χ1n) is 10.6. The van der Waals surface area contributed by atoms with Crippen molar-refractivity contribution in [3.8, 4) is 0 Å². The van der Waals surface area contributed by atoms with E-state index in [2.05, 4.69) is 26.5 Å². The van der Waals surface area contributed by atoms with E-state index in [0.29, 0.717) is 12.5 Å². The van der Waals surface area contributed by atoms with Crippen molar-refractivity contribution in [2.75, 3.05) is 5.32 Å². The first kappa shape index (κ1) is 25.5. The highest BCUT2D eigenvalue weighted by Gasteiger charge is 2.31. The highest BCUT2D eigenvalue weighted by molar-refractivity contribution is 6.31. The molecule has 1 heterocycles. The average Bonchev–Trinajstić information content (AvgIpc) is 3.26. The summed E-state index contributed by atoms with van der Waals surface area (Å²) in [5.74, 6) is -2.04. The fraction of sp³-hybridized carbons (Fsp3) is 0.167. The summed E-state index contributed by atoms with van der Waals surface area (Å²) >= 11 is 5.90. The molecule has 0 radical (unpaired) electrons. The van der Waals surface area contributed by atoms with Crippen LogP contribution in [0.3, 0.4) is 0 Å². The van der Waals surface area contributed by atoms with E-state index in [1.807, 2.05) is 0 Å². The molecule has 12 heteroatoms. The van der Waals surface area contributed by atoms with E-state index in [4.69, 9.17) is 11.6 Å². The lowest BCUT2D eigenvalue weighted by molar-refractivity contribution is -0.137. The van der Waals surface area contributed by atoms with Crippen LogP contribution in [-0.4, -0.2) is 18.0 Å². The summed E-state index contributed by atoms with van der Waals surface area (Å²) < 4.78 is 66.3. The van der Waals surface area contributed by atoms with Gasteiger partial charge in [-0.25, -0.2) is 24.6 Å². The molecule has 0 aromatic heterocycles. The van der Waals surface area contributed by atoms with Gasteiger partial charge in [-0.15, -0.1) is 0 Å². The topological polar surface area (TPSA) is 77.5 Å². The van der Waals surface area contributed by atoms with Crippen LogP contribution in [-0.2, 0) is 6.18 Å². The number of nitrogens with zero attached hydrogens (tertiary/aromatic N) is 1. The number of aliphatic imine (C=N–C) groups is 1. The van der Waals surface area contributed by atoms with E-state index in [1.54, 1.807) is 12.1 Å². The van der Waals surface area contributed by atoms with E-state index in [-0.39, 0.29) is 34.1 Å². The molecular formula is C24H19ClF5N5O. The quantitative estimate of drug-likeness (QED) is 0.210. The van der Waals surface area contributed by atoms with Crippen LogP contribution in [0.4, 0.5) is 27.6 Å². The lowest BCUT2D eigenvalue weighted by Gasteiger charge is -2.15. The Labute approximate surface area is 207 Å². The van der Waals surface area contributed by atoms with Gasteiger partial charge in [-0.3, -0.25) is 10.1 Å². The molecule has 1 aliphatic rings. The van der Waals surface area contributed by atoms with E-state index in [0.717, 1.165) is 29.8 Å². The molecule has 4 N–H and O–H groups in total. The molecule has 4 rings (SSSR count). The maximum absolute atomic E-state index is 13.8. The summed E-state index contributed by atoms with van der Waals surface area (Å²) in [6.07, 6.45) is -4.84. The number of amides is 1. The number of hydrazine groups is 1. The van der Waals surface area contributed by atoms with Crippen LogP contribution in [0, 0.1) is 11.6 Å². The van der Waals surface area contributed by atoms with Crippen molar-refractivity contribution in [2.45, 2.75) is 24.8 Å². The highest BCUT2D eigenvalue weighted by Crippen LogP contribution is 2.29. The van der Waals surface area contributed by atoms with Gasteiger partial charge >= 0.3 is 6.18 Å². The number of rotatable bonds is 4. The number of carbonyl (C=O) groups is 1. The van der Waals surface area contributed by atoms with Crippen molar-refractivity contribution in [3.05, 3.63) is 100 Å². The second kappa shape index (κ2) is 10.6. The Kier molecular flexibility index (Phi) is 7.53. The molecule has 3 aromatic rings. The highest BCUT2D eigenvalue weighted by atomic mass is 35.5. The standard InChI is InChI=1S/C24H19ClF5N5O/c25-16-9-18(27)11-19(10-16)31-23(33-22(36)14-2-1-3-15(8-14)24(28,29)30)32-21-12-20(34-35-21)13-4-6-17(26)7-5-13/h1-11,20-21,34-35H,12H2,(H2,31,32,33,36). The molecule has 0 bridgehead atoms. The molecule has 0 saturated carbocycles. The fourth-order valence-electron chi connectivity index (χ4n) is 3.57. The third-order valence-electron chi connectivity index (χ3n) is 5.25. The predicted octanol–water partition coefficient (Wildman–Crippen LogP) is 5.40. The smallest absolute Gasteiger partial charge is 0.326 e. The Morgan fingerprint density at radius 3 is 2.42 bits per heavy atom. The Balaban J connectivity index is 1.57. The van der Waals surface area contributed by atoms with Crippen molar-refractivity contribution < 1.29 is 26.7 Å². The second-order valence-corrected chi connectivity index (χ2v) is 8.37. The van der Waals surface area contributed by atoms with Crippen molar-refractivity contribution in [1.29, 1.82) is 0 Å². The first-order valence-corrected chi connectivity index (χ1v) is 11.0. The van der Waals surface area contributed by atoms with Gasteiger partial charge in [0.2, 0.25) is 5.96 Å². The maximum Gasteiger partial charge on any atom is 0.416 e. The molecule has 6 nitrogen and oxygen atoms in total. The van der Waals surface area contributed by atoms with Crippen molar-refractivity contribution >= 4 is 29.2 Å². The molecule has 1 aliphatic heterocycles. The SMILES string of the molecule is O=C(NC(=NC1CC(c2ccc(F)cc2)NN1)Nc1cc(F)cc(Cl)c1)c1cccc(C(F)(F)F)c1. The molecular weight excluding hydrogens is 505 g/mol. The Hall–Kier alpha value is -3.54. The zero-order valence-corrected chi connectivity index (χ0v) is 19.1. The van der Waals surface area contributed by atoms with E-state index in [1.165, 1.54) is 24.3 Å². The number of anilines is 1. The largest absolute Gasteiger partial charge is 0.416 e. The number of carbonyl (C=O) groups excluding carboxylic acids is 1. The van der Waals surface area contributed by atoms with Gasteiger partial charge in [-0.2, -0.15) is 13.2 Å². The summed E-state index contributed by atoms with van der Waals surface area (Å²) in [6.45, 7) is 0. The van der Waals surface area contributed by atoms with Gasteiger partial charge in [-0.1, -0.05) is 29.8 Å². The summed E-state index contributed by atoms with van der Waals surface area (Å²) in [6, 6.07) is 13.1. The number of alkyl halides is 3. The van der Waals surface area contributed by atoms with Crippen LogP contribution < -0.4 is 21.5 Å². The lowest BCUT2D eigenvalue weighted by atomic mass is 10.0. The molecule has 0 aliphatic carbocycles. The molecule has 3 aromatic carbocycles. The number of hydrogen-bond acceptors (Lipinski definition) is 4. The summed E-state index contributed by atoms with van der Waals surface area (Å²) in [5.41, 5.74) is 5.66. The van der Waals surface area contributed by atoms with Crippen molar-refractivity contribution in [1.82, 2.24) is 16.2 Å². The van der Waals surface area contributed by atoms with E-state index >= 15 is 0 Å². The number of guanidine groups is 1. The molecule has 188 valence electrons. The predicted molar refractivity (Wildman–Crippen MR) is 125 cm³/mol. The minimum atomic E-state index is -4.63. The molecule has 1 amide bonds. The Morgan fingerprint density at radius 2 is 1.72 bits per heavy atom. The minimum absolute atomic E-state index is 0.0816. The van der Waals surface area contributed by atoms with Crippen molar-refractivity contribution in [2.24, 2.45) is 4.99 Å². The summed E-state index contributed by atoms with van der Waals surface area (Å²) in [7, 11) is 0. The maximum atomic E-state index is 13.8. The molecule has 1 saturated heterocycles. The summed E-state index contributed by atoms with van der Waals surface area (Å²) in [5, 5.41) is 5.27. The number of hydrogen-bond donors (Lipinski definition) is 4. The summed E-state index contributed by atoms with van der Waals surface area (Å²) in [4.78, 5) is 17.2. The lowest BCUT2D eigenvalue weighted by Crippen LogP contribution is -2.39. The van der Waals surface area contributed by atoms with Gasteiger partial charge in [0, 0.05) is 28.7 Å². The van der Waals surface area contributed by atoms with Crippen LogP contribution in [0.25, 0.3) is 0 Å². The van der Waals surface area contributed by atoms with Gasteiger partial charge in [0.05, 0.1) is 5.56 Å². The Bertz CT molecular complexity index is 1260. The molecule has 2 atom stereocenters. The van der Waals surface area contributed by atoms with Gasteiger partial charge in [0.1, 0.15) is 17.8 Å². The van der Waals surface area contributed by atoms with Gasteiger partial charge < -0.3 is 5.32 Å². The van der Waals surface area contributed by atoms with Gasteiger partial charge in [-0.05, 0) is 54.1 Å². The van der Waals surface area contributed by atoms with Gasteiger partial charge in [0.15, 0.2) is 0 Å². The van der Waals surface area contributed by atoms with Crippen LogP contribution >= 0.6 is 11.6 Å². The molecule has 2 unspecified atom stereocenters. The number of benzene rings is 3. The second-order valence-electron chi connectivity index (χ2n) is 7.94. The van der Waals surface area contributed by atoms with Crippen LogP contribution in [0.2, 0.25) is 5.02 Å². The van der Waals surface area contributed by atoms with Crippen LogP contribution in [0.5, 0.6) is 0 Å². The first-order chi connectivity index (χ1) is 17.1. The Morgan fingerprint density at radius 1 is 0.972 bits per heavy atom. The zero-order valence-electron chi connectivity index (χ0n) is 18.3. The number of halogens is 6. The zero-order chi connectivity index (χ0) is 25.9. The van der Waals surface area contributed by atoms with Crippen molar-refractivity contribution in [3.63, 3.8) is 0 Å².